The zero-order valence-electron chi connectivity index (χ0n) is 17.8. The molecule has 3 aromatic rings. The van der Waals surface area contributed by atoms with E-state index in [1.165, 1.54) is 6.42 Å². The Morgan fingerprint density at radius 2 is 2.10 bits per heavy atom. The number of pyridine rings is 1. The number of aromatic nitrogens is 5. The Bertz CT molecular complexity index is 1100. The van der Waals surface area contributed by atoms with Gasteiger partial charge in [-0.05, 0) is 73.5 Å². The molecule has 2 aliphatic rings. The molecular weight excluding hydrogens is 396 g/mol. The third kappa shape index (κ3) is 4.07. The number of hydrogen-bond acceptors (Lipinski definition) is 7. The summed E-state index contributed by atoms with van der Waals surface area (Å²) in [5, 5.41) is 13.5. The van der Waals surface area contributed by atoms with Crippen LogP contribution in [0.15, 0.2) is 29.1 Å². The smallest absolute Gasteiger partial charge is 0.253 e. The summed E-state index contributed by atoms with van der Waals surface area (Å²) in [4.78, 5) is 18.6. The lowest BCUT2D eigenvalue weighted by atomic mass is 10.0. The van der Waals surface area contributed by atoms with E-state index in [9.17, 15) is 4.79 Å². The number of nitrogens with zero attached hydrogens (tertiary/aromatic N) is 5. The molecule has 1 N–H and O–H groups in total. The minimum atomic E-state index is -0.309. The molecule has 4 heterocycles. The van der Waals surface area contributed by atoms with Crippen LogP contribution in [0.4, 0.5) is 0 Å². The van der Waals surface area contributed by atoms with Crippen molar-refractivity contribution in [1.82, 2.24) is 30.1 Å². The Morgan fingerprint density at radius 1 is 1.23 bits per heavy atom. The van der Waals surface area contributed by atoms with Crippen molar-refractivity contribution < 1.29 is 9.47 Å². The van der Waals surface area contributed by atoms with Gasteiger partial charge in [-0.3, -0.25) is 9.69 Å². The molecule has 9 nitrogen and oxygen atoms in total. The van der Waals surface area contributed by atoms with Gasteiger partial charge in [0.1, 0.15) is 11.8 Å². The number of ether oxygens (including phenoxy) is 2. The van der Waals surface area contributed by atoms with Gasteiger partial charge in [-0.25, -0.2) is 4.68 Å². The first kappa shape index (κ1) is 20.1. The molecule has 0 bridgehead atoms. The molecule has 1 aromatic carbocycles. The molecule has 5 rings (SSSR count). The van der Waals surface area contributed by atoms with Crippen LogP contribution in [-0.4, -0.2) is 63.0 Å². The van der Waals surface area contributed by atoms with Crippen molar-refractivity contribution in [3.63, 3.8) is 0 Å². The number of rotatable bonds is 6. The summed E-state index contributed by atoms with van der Waals surface area (Å²) in [5.41, 5.74) is 1.33. The van der Waals surface area contributed by atoms with Crippen molar-refractivity contribution in [3.8, 4) is 5.75 Å². The topological polar surface area (TPSA) is 98.2 Å². The van der Waals surface area contributed by atoms with Crippen molar-refractivity contribution in [1.29, 1.82) is 0 Å². The highest BCUT2D eigenvalue weighted by Gasteiger charge is 2.32. The molecule has 0 saturated carbocycles. The van der Waals surface area contributed by atoms with E-state index in [-0.39, 0.29) is 17.7 Å². The first-order chi connectivity index (χ1) is 15.2. The molecule has 164 valence electrons. The maximum absolute atomic E-state index is 13.2. The van der Waals surface area contributed by atoms with Crippen molar-refractivity contribution in [3.05, 3.63) is 46.0 Å². The van der Waals surface area contributed by atoms with E-state index in [2.05, 4.69) is 25.4 Å². The van der Waals surface area contributed by atoms with Crippen LogP contribution >= 0.6 is 0 Å². The van der Waals surface area contributed by atoms with Crippen molar-refractivity contribution in [2.24, 2.45) is 0 Å². The standard InChI is InChI=1S/C22H28N6O3/c1-30-16-7-8-19-15(12-16)13-18(22(29)23-19)20(27-9-3-2-4-10-27)21-24-25-26-28(21)14-17-6-5-11-31-17/h7-8,12-13,17,20H,2-6,9-11,14H2,1H3,(H,23,29)/t17-,20+/m0/s1. The number of tetrazole rings is 1. The van der Waals surface area contributed by atoms with Crippen molar-refractivity contribution in [2.75, 3.05) is 26.8 Å². The predicted molar refractivity (Wildman–Crippen MR) is 115 cm³/mol. The van der Waals surface area contributed by atoms with Crippen LogP contribution in [0.3, 0.4) is 0 Å². The second kappa shape index (κ2) is 8.76. The first-order valence-electron chi connectivity index (χ1n) is 11.1. The molecule has 0 radical (unpaired) electrons. The molecular formula is C22H28N6O3. The Balaban J connectivity index is 1.59. The Kier molecular flexibility index (Phi) is 5.69. The summed E-state index contributed by atoms with van der Waals surface area (Å²) in [6, 6.07) is 7.31. The number of hydrogen-bond donors (Lipinski definition) is 1. The van der Waals surface area contributed by atoms with E-state index >= 15 is 0 Å². The largest absolute Gasteiger partial charge is 0.497 e. The van der Waals surface area contributed by atoms with E-state index < -0.39 is 0 Å². The summed E-state index contributed by atoms with van der Waals surface area (Å²) in [7, 11) is 1.64. The van der Waals surface area contributed by atoms with Crippen molar-refractivity contribution >= 4 is 10.9 Å². The monoisotopic (exact) mass is 424 g/mol. The van der Waals surface area contributed by atoms with Crippen LogP contribution in [0.2, 0.25) is 0 Å². The van der Waals surface area contributed by atoms with Gasteiger partial charge in [-0.2, -0.15) is 0 Å². The van der Waals surface area contributed by atoms with Crippen LogP contribution in [0.1, 0.15) is 49.5 Å². The summed E-state index contributed by atoms with van der Waals surface area (Å²) in [6.45, 7) is 3.20. The summed E-state index contributed by atoms with van der Waals surface area (Å²) >= 11 is 0. The molecule has 0 amide bonds. The van der Waals surface area contributed by atoms with Gasteiger partial charge >= 0.3 is 0 Å². The van der Waals surface area contributed by atoms with Crippen LogP contribution < -0.4 is 10.3 Å². The molecule has 2 atom stereocenters. The summed E-state index contributed by atoms with van der Waals surface area (Å²) in [6.07, 6.45) is 5.58. The van der Waals surface area contributed by atoms with E-state index in [0.717, 1.165) is 62.0 Å². The van der Waals surface area contributed by atoms with E-state index in [1.807, 2.05) is 28.9 Å². The SMILES string of the molecule is COc1ccc2[nH]c(=O)c([C@H](c3nnnn3C[C@@H]3CCCO3)N3CCCCC3)cc2c1. The maximum Gasteiger partial charge on any atom is 0.253 e. The van der Waals surface area contributed by atoms with Gasteiger partial charge in [0, 0.05) is 23.1 Å². The van der Waals surface area contributed by atoms with Gasteiger partial charge in [-0.15, -0.1) is 5.10 Å². The normalized spacial score (nSPS) is 20.9. The quantitative estimate of drug-likeness (QED) is 0.648. The highest BCUT2D eigenvalue weighted by atomic mass is 16.5. The number of aromatic amines is 1. The summed E-state index contributed by atoms with van der Waals surface area (Å²) < 4.78 is 13.0. The van der Waals surface area contributed by atoms with E-state index in [0.29, 0.717) is 17.9 Å². The maximum atomic E-state index is 13.2. The lowest BCUT2D eigenvalue weighted by molar-refractivity contribution is 0.0902. The molecule has 0 spiro atoms. The molecule has 0 aliphatic carbocycles. The lowest BCUT2D eigenvalue weighted by Gasteiger charge is -2.33. The molecule has 2 saturated heterocycles. The predicted octanol–water partition coefficient (Wildman–Crippen LogP) is 2.28. The van der Waals surface area contributed by atoms with Gasteiger partial charge in [-0.1, -0.05) is 6.42 Å². The third-order valence-corrected chi connectivity index (χ3v) is 6.34. The average Bonchev–Trinajstić information content (AvgIpc) is 3.48. The molecule has 2 aliphatic heterocycles. The fourth-order valence-corrected chi connectivity index (χ4v) is 4.73. The Hall–Kier alpha value is -2.78. The van der Waals surface area contributed by atoms with Gasteiger partial charge in [0.15, 0.2) is 5.82 Å². The Morgan fingerprint density at radius 3 is 2.87 bits per heavy atom. The first-order valence-corrected chi connectivity index (χ1v) is 11.1. The van der Waals surface area contributed by atoms with Crippen LogP contribution in [0.5, 0.6) is 5.75 Å². The average molecular weight is 425 g/mol. The molecule has 31 heavy (non-hydrogen) atoms. The molecule has 2 fully saturated rings. The lowest BCUT2D eigenvalue weighted by Crippen LogP contribution is -2.39. The van der Waals surface area contributed by atoms with Crippen molar-refractivity contribution in [2.45, 2.75) is 50.8 Å². The molecule has 0 unspecified atom stereocenters. The zero-order chi connectivity index (χ0) is 21.2. The third-order valence-electron chi connectivity index (χ3n) is 6.34. The summed E-state index contributed by atoms with van der Waals surface area (Å²) in [5.74, 6) is 1.45. The van der Waals surface area contributed by atoms with E-state index in [1.54, 1.807) is 7.11 Å². The number of H-pyrrole nitrogens is 1. The molecule has 9 heteroatoms. The van der Waals surface area contributed by atoms with Gasteiger partial charge < -0.3 is 14.5 Å². The second-order valence-corrected chi connectivity index (χ2v) is 8.36. The zero-order valence-corrected chi connectivity index (χ0v) is 17.8. The fourth-order valence-electron chi connectivity index (χ4n) is 4.73. The minimum Gasteiger partial charge on any atom is -0.497 e. The number of fused-ring (bicyclic) bond motifs is 1. The van der Waals surface area contributed by atoms with Crippen LogP contribution in [0, 0.1) is 0 Å². The number of benzene rings is 1. The number of nitrogens with one attached hydrogen (secondary N) is 1. The fraction of sp³-hybridized carbons (Fsp3) is 0.545. The molecule has 2 aromatic heterocycles. The number of likely N-dealkylation sites (tertiary alicyclic amines) is 1. The highest BCUT2D eigenvalue weighted by molar-refractivity contribution is 5.80. The van der Waals surface area contributed by atoms with Gasteiger partial charge in [0.2, 0.25) is 0 Å². The number of methoxy groups -OCH3 is 1. The highest BCUT2D eigenvalue weighted by Crippen LogP contribution is 2.30. The van der Waals surface area contributed by atoms with Gasteiger partial charge in [0.25, 0.3) is 5.56 Å². The van der Waals surface area contributed by atoms with Crippen LogP contribution in [0.25, 0.3) is 10.9 Å². The number of piperidine rings is 1. The Labute approximate surface area is 180 Å². The van der Waals surface area contributed by atoms with Gasteiger partial charge in [0.05, 0.1) is 19.8 Å². The van der Waals surface area contributed by atoms with E-state index in [4.69, 9.17) is 9.47 Å². The minimum absolute atomic E-state index is 0.111. The van der Waals surface area contributed by atoms with Crippen LogP contribution in [-0.2, 0) is 11.3 Å². The second-order valence-electron chi connectivity index (χ2n) is 8.36.